The molecule has 1 unspecified atom stereocenters. The van der Waals surface area contributed by atoms with Crippen LogP contribution in [0.25, 0.3) is 11.2 Å². The third-order valence-electron chi connectivity index (χ3n) is 8.09. The van der Waals surface area contributed by atoms with Crippen molar-refractivity contribution >= 4 is 48.3 Å². The number of aromatic nitrogens is 4. The van der Waals surface area contributed by atoms with E-state index in [1.54, 1.807) is 68.5 Å². The van der Waals surface area contributed by atoms with E-state index in [9.17, 15) is 33.6 Å². The molecular weight excluding hydrogens is 759 g/mol. The summed E-state index contributed by atoms with van der Waals surface area (Å²) in [6, 6.07) is 17.6. The number of nitrogens with one attached hydrogen (secondary N) is 3. The molecule has 1 amide bonds. The summed E-state index contributed by atoms with van der Waals surface area (Å²) in [4.78, 5) is 78.5. The Hall–Kier alpha value is -6.73. The number of hydrogen-bond acceptors (Lipinski definition) is 14. The van der Waals surface area contributed by atoms with Crippen molar-refractivity contribution < 1.29 is 47.2 Å². The number of aromatic amines is 1. The second-order valence-corrected chi connectivity index (χ2v) is 13.8. The Labute approximate surface area is 325 Å². The van der Waals surface area contributed by atoms with Crippen molar-refractivity contribution in [3.63, 3.8) is 0 Å². The van der Waals surface area contributed by atoms with Gasteiger partial charge in [0.2, 0.25) is 0 Å². The number of fused-ring (bicyclic) bond motifs is 1. The number of phosphoric ester groups is 1. The number of carbonyl (C=O) groups is 4. The number of benzene rings is 3. The number of rotatable bonds is 19. The molecule has 5 aromatic rings. The lowest BCUT2D eigenvalue weighted by atomic mass is 10.0. The van der Waals surface area contributed by atoms with Crippen LogP contribution in [0.4, 0.5) is 5.69 Å². The van der Waals surface area contributed by atoms with Gasteiger partial charge in [0.15, 0.2) is 16.9 Å². The third kappa shape index (κ3) is 11.6. The van der Waals surface area contributed by atoms with Crippen molar-refractivity contribution in [2.45, 2.75) is 52.3 Å². The first-order valence-corrected chi connectivity index (χ1v) is 18.9. The van der Waals surface area contributed by atoms with Crippen LogP contribution in [0, 0.1) is 19.5 Å². The van der Waals surface area contributed by atoms with Crippen LogP contribution in [0.5, 0.6) is 5.75 Å². The molecule has 0 bridgehead atoms. The molecule has 4 N–H and O–H groups in total. The highest BCUT2D eigenvalue weighted by atomic mass is 31.2. The molecule has 2 atom stereocenters. The van der Waals surface area contributed by atoms with Crippen molar-refractivity contribution in [3.05, 3.63) is 123 Å². The number of anilines is 1. The van der Waals surface area contributed by atoms with Crippen molar-refractivity contribution in [2.75, 3.05) is 11.9 Å². The van der Waals surface area contributed by atoms with Gasteiger partial charge in [0.05, 0.1) is 37.2 Å². The minimum atomic E-state index is -3.92. The number of aryl methyl sites for hydroxylation is 1. The molecular formula is C39H37N6O11P. The molecule has 294 valence electrons. The molecule has 2 aromatic heterocycles. The molecule has 0 aliphatic heterocycles. The van der Waals surface area contributed by atoms with Crippen LogP contribution in [-0.2, 0) is 47.3 Å². The maximum atomic E-state index is 13.2. The molecule has 18 heteroatoms. The summed E-state index contributed by atoms with van der Waals surface area (Å²) >= 11 is 0. The van der Waals surface area contributed by atoms with Crippen LogP contribution < -0.4 is 20.9 Å². The van der Waals surface area contributed by atoms with E-state index in [4.69, 9.17) is 20.2 Å². The van der Waals surface area contributed by atoms with Crippen LogP contribution >= 0.6 is 7.82 Å². The van der Waals surface area contributed by atoms with Gasteiger partial charge in [0.25, 0.3) is 11.5 Å². The van der Waals surface area contributed by atoms with Crippen molar-refractivity contribution in [3.8, 4) is 18.3 Å². The van der Waals surface area contributed by atoms with Gasteiger partial charge >= 0.3 is 19.8 Å². The number of phosphoric acid groups is 1. The number of carboxylic acid groups (broad SMARTS) is 1. The fourth-order valence-corrected chi connectivity index (χ4v) is 6.23. The van der Waals surface area contributed by atoms with Gasteiger partial charge in [-0.2, -0.15) is 0 Å². The molecule has 0 saturated carbocycles. The van der Waals surface area contributed by atoms with E-state index in [0.717, 1.165) is 0 Å². The first-order chi connectivity index (χ1) is 27.4. The van der Waals surface area contributed by atoms with Crippen LogP contribution in [0.2, 0.25) is 0 Å². The maximum Gasteiger partial charge on any atom is 0.538 e. The number of carboxylic acids is 1. The number of ether oxygens (including phenoxy) is 1. The fourth-order valence-electron chi connectivity index (χ4n) is 5.30. The van der Waals surface area contributed by atoms with Crippen LogP contribution in [0.3, 0.4) is 0 Å². The van der Waals surface area contributed by atoms with E-state index in [2.05, 4.69) is 35.1 Å². The SMILES string of the molecule is C#COP(=O)(OCC)OCc1ccc(CC(=O)c2ccccc2OC(=O)CC[C@H](NC(=O)c2ccc(NCc3cnc4nc(C)[nH]c(=O)c4n3)cc2)C(=O)O)cc1. The first-order valence-electron chi connectivity index (χ1n) is 17.4. The van der Waals surface area contributed by atoms with E-state index in [-0.39, 0.29) is 72.8 Å². The number of aliphatic carboxylic acids is 1. The zero-order valence-electron chi connectivity index (χ0n) is 30.7. The summed E-state index contributed by atoms with van der Waals surface area (Å²) in [6.45, 7) is 3.41. The highest BCUT2D eigenvalue weighted by Gasteiger charge is 2.27. The smallest absolute Gasteiger partial charge is 0.480 e. The number of nitrogens with zero attached hydrogens (tertiary/aromatic N) is 3. The lowest BCUT2D eigenvalue weighted by Gasteiger charge is -2.15. The summed E-state index contributed by atoms with van der Waals surface area (Å²) in [5.41, 5.74) is 2.59. The summed E-state index contributed by atoms with van der Waals surface area (Å²) in [5.74, 6) is -2.77. The number of terminal acetylenes is 1. The average molecular weight is 797 g/mol. The first kappa shape index (κ1) is 41.4. The van der Waals surface area contributed by atoms with E-state index in [1.807, 2.05) is 0 Å². The van der Waals surface area contributed by atoms with E-state index < -0.39 is 37.3 Å². The van der Waals surface area contributed by atoms with E-state index in [0.29, 0.717) is 28.3 Å². The minimum Gasteiger partial charge on any atom is -0.480 e. The van der Waals surface area contributed by atoms with Crippen molar-refractivity contribution in [1.29, 1.82) is 0 Å². The number of ketones is 1. The Morgan fingerprint density at radius 3 is 2.40 bits per heavy atom. The van der Waals surface area contributed by atoms with Gasteiger partial charge in [-0.15, -0.1) is 0 Å². The molecule has 0 spiro atoms. The van der Waals surface area contributed by atoms with Gasteiger partial charge in [0, 0.05) is 24.1 Å². The van der Waals surface area contributed by atoms with Crippen LogP contribution in [0.15, 0.2) is 83.8 Å². The van der Waals surface area contributed by atoms with Gasteiger partial charge < -0.3 is 30.0 Å². The number of Topliss-reactive ketones (excluding diaryl/α,β-unsaturated/α-hetero) is 1. The number of amides is 1. The molecule has 0 aliphatic rings. The van der Waals surface area contributed by atoms with Crippen molar-refractivity contribution in [1.82, 2.24) is 25.3 Å². The molecule has 0 saturated heterocycles. The third-order valence-corrected chi connectivity index (χ3v) is 9.44. The molecule has 2 heterocycles. The summed E-state index contributed by atoms with van der Waals surface area (Å²) in [7, 11) is -3.92. The number of H-pyrrole nitrogens is 1. The molecule has 57 heavy (non-hydrogen) atoms. The van der Waals surface area contributed by atoms with Gasteiger partial charge in [-0.05, 0) is 67.8 Å². The van der Waals surface area contributed by atoms with Crippen LogP contribution in [0.1, 0.15) is 63.1 Å². The zero-order valence-corrected chi connectivity index (χ0v) is 31.6. The van der Waals surface area contributed by atoms with Gasteiger partial charge in [0.1, 0.15) is 23.7 Å². The van der Waals surface area contributed by atoms with Crippen LogP contribution in [-0.4, -0.2) is 61.3 Å². The molecule has 3 aromatic carbocycles. The Morgan fingerprint density at radius 1 is 0.982 bits per heavy atom. The Morgan fingerprint density at radius 2 is 1.70 bits per heavy atom. The Bertz CT molecular complexity index is 2410. The van der Waals surface area contributed by atoms with E-state index >= 15 is 0 Å². The lowest BCUT2D eigenvalue weighted by Crippen LogP contribution is -2.41. The van der Waals surface area contributed by atoms with Gasteiger partial charge in [-0.25, -0.2) is 24.3 Å². The van der Waals surface area contributed by atoms with Gasteiger partial charge in [-0.1, -0.05) is 42.8 Å². The molecule has 0 fully saturated rings. The monoisotopic (exact) mass is 796 g/mol. The topological polar surface area (TPSA) is 238 Å². The second-order valence-electron chi connectivity index (χ2n) is 12.3. The van der Waals surface area contributed by atoms with E-state index in [1.165, 1.54) is 30.5 Å². The standard InChI is InChI=1S/C39H37N6O11P/c1-4-53-57(52,54-5-2)55-23-26-12-10-25(11-13-26)20-32(46)30-8-6-7-9-33(30)56-34(47)19-18-31(39(50)51)45-37(48)27-14-16-28(17-15-27)40-21-29-22-41-36-35(44-29)38(49)43-24(3)42-36/h1,6-17,22,31,40H,5,18-21,23H2,2-3H3,(H,45,48)(H,50,51)(H,41,42,43,49)/t31-,57?/m0/s1. The maximum absolute atomic E-state index is 13.2. The predicted octanol–water partition coefficient (Wildman–Crippen LogP) is 4.90. The summed E-state index contributed by atoms with van der Waals surface area (Å²) in [6.07, 6.45) is 7.65. The second kappa shape index (κ2) is 19.2. The number of hydrogen-bond donors (Lipinski definition) is 4. The van der Waals surface area contributed by atoms with Crippen molar-refractivity contribution in [2.24, 2.45) is 0 Å². The highest BCUT2D eigenvalue weighted by molar-refractivity contribution is 7.48. The molecule has 5 rings (SSSR count). The largest absolute Gasteiger partial charge is 0.538 e. The fraction of sp³-hybridized carbons (Fsp3) is 0.231. The minimum absolute atomic E-state index is 0.00395. The molecule has 0 aliphatic carbocycles. The lowest BCUT2D eigenvalue weighted by molar-refractivity contribution is -0.140. The molecule has 0 radical (unpaired) electrons. The highest BCUT2D eigenvalue weighted by Crippen LogP contribution is 2.49. The number of esters is 1. The summed E-state index contributed by atoms with van der Waals surface area (Å²) in [5, 5.41) is 15.3. The normalized spacial score (nSPS) is 12.4. The average Bonchev–Trinajstić information content (AvgIpc) is 3.19. The Balaban J connectivity index is 1.11. The number of para-hydroxylation sites is 1. The zero-order chi connectivity index (χ0) is 41.0. The number of carbonyl (C=O) groups excluding carboxylic acids is 3. The van der Waals surface area contributed by atoms with Gasteiger partial charge in [-0.3, -0.25) is 28.2 Å². The summed E-state index contributed by atoms with van der Waals surface area (Å²) < 4.78 is 32.8. The molecule has 17 nitrogen and oxygen atoms in total. The quantitative estimate of drug-likeness (QED) is 0.0286. The predicted molar refractivity (Wildman–Crippen MR) is 205 cm³/mol. The Kier molecular flexibility index (Phi) is 14.0.